The van der Waals surface area contributed by atoms with Gasteiger partial charge in [0, 0.05) is 38.9 Å². The zero-order valence-electron chi connectivity index (χ0n) is 25.4. The van der Waals surface area contributed by atoms with Crippen LogP contribution in [0.1, 0.15) is 25.0 Å². The van der Waals surface area contributed by atoms with Crippen LogP contribution in [0.5, 0.6) is 0 Å². The molecule has 1 aromatic heterocycles. The molecule has 2 heteroatoms. The maximum Gasteiger partial charge on any atom is 0.0561 e. The van der Waals surface area contributed by atoms with E-state index in [4.69, 9.17) is 0 Å². The minimum Gasteiger partial charge on any atom is -0.310 e. The Morgan fingerprint density at radius 3 is 1.96 bits per heavy atom. The van der Waals surface area contributed by atoms with Crippen molar-refractivity contribution < 1.29 is 0 Å². The lowest BCUT2D eigenvalue weighted by molar-refractivity contribution is 0.660. The van der Waals surface area contributed by atoms with Crippen LogP contribution in [-0.2, 0) is 5.41 Å². The van der Waals surface area contributed by atoms with E-state index in [9.17, 15) is 0 Å². The smallest absolute Gasteiger partial charge is 0.0561 e. The van der Waals surface area contributed by atoms with Crippen molar-refractivity contribution in [2.24, 2.45) is 0 Å². The number of hydrogen-bond acceptors (Lipinski definition) is 1. The molecule has 7 aromatic carbocycles. The first-order chi connectivity index (χ1) is 22.1. The highest BCUT2D eigenvalue weighted by Crippen LogP contribution is 2.51. The summed E-state index contributed by atoms with van der Waals surface area (Å²) in [6, 6.07) is 57.7. The third-order valence-corrected chi connectivity index (χ3v) is 9.75. The van der Waals surface area contributed by atoms with Gasteiger partial charge in [-0.3, -0.25) is 0 Å². The first-order valence-corrected chi connectivity index (χ1v) is 15.7. The summed E-state index contributed by atoms with van der Waals surface area (Å²) in [7, 11) is 0. The molecule has 2 nitrogen and oxygen atoms in total. The molecule has 0 spiro atoms. The molecular weight excluding hydrogens is 544 g/mol. The number of anilines is 3. The predicted octanol–water partition coefficient (Wildman–Crippen LogP) is 11.7. The van der Waals surface area contributed by atoms with E-state index in [0.29, 0.717) is 0 Å². The SMILES string of the molecule is CC1(C)c2ccccc2-c2ccc(N(c3ccc4ccccc4c3)c3ccc4c5ccccc5n(-c5ccccc5)c4c3)cc21. The Bertz CT molecular complexity index is 2410. The fourth-order valence-electron chi connectivity index (χ4n) is 7.55. The number of aromatic nitrogens is 1. The van der Waals surface area contributed by atoms with E-state index < -0.39 is 0 Å². The van der Waals surface area contributed by atoms with Crippen LogP contribution in [0.25, 0.3) is 49.4 Å². The van der Waals surface area contributed by atoms with E-state index in [-0.39, 0.29) is 5.41 Å². The molecule has 0 atom stereocenters. The molecule has 9 rings (SSSR count). The first-order valence-electron chi connectivity index (χ1n) is 15.7. The quantitative estimate of drug-likeness (QED) is 0.202. The van der Waals surface area contributed by atoms with Gasteiger partial charge in [0.1, 0.15) is 0 Å². The van der Waals surface area contributed by atoms with Gasteiger partial charge in [-0.1, -0.05) is 117 Å². The molecule has 1 aliphatic carbocycles. The van der Waals surface area contributed by atoms with Gasteiger partial charge in [0.2, 0.25) is 0 Å². The molecule has 0 bridgehead atoms. The summed E-state index contributed by atoms with van der Waals surface area (Å²) in [6.45, 7) is 4.71. The number of rotatable bonds is 4. The lowest BCUT2D eigenvalue weighted by Gasteiger charge is -2.28. The summed E-state index contributed by atoms with van der Waals surface area (Å²) in [5.41, 5.74) is 12.4. The standard InChI is InChI=1S/C43H32N2/c1-43(2)39-18-10-8-16-35(39)36-24-22-33(27-40(36)43)44(32-21-20-29-12-6-7-13-30(29)26-32)34-23-25-38-37-17-9-11-19-41(37)45(42(38)28-34)31-14-4-3-5-15-31/h3-28H,1-2H3. The van der Waals surface area contributed by atoms with E-state index in [1.165, 1.54) is 54.8 Å². The maximum atomic E-state index is 2.43. The molecule has 214 valence electrons. The van der Waals surface area contributed by atoms with Crippen LogP contribution in [0.2, 0.25) is 0 Å². The highest BCUT2D eigenvalue weighted by molar-refractivity contribution is 6.10. The molecule has 0 radical (unpaired) electrons. The van der Waals surface area contributed by atoms with Crippen molar-refractivity contribution in [3.63, 3.8) is 0 Å². The molecule has 0 unspecified atom stereocenters. The van der Waals surface area contributed by atoms with Gasteiger partial charge in [-0.15, -0.1) is 0 Å². The largest absolute Gasteiger partial charge is 0.310 e. The monoisotopic (exact) mass is 576 g/mol. The third-order valence-electron chi connectivity index (χ3n) is 9.75. The highest BCUT2D eigenvalue weighted by atomic mass is 15.1. The average molecular weight is 577 g/mol. The Balaban J connectivity index is 1.30. The topological polar surface area (TPSA) is 8.17 Å². The van der Waals surface area contributed by atoms with Gasteiger partial charge in [0.05, 0.1) is 11.0 Å². The Morgan fingerprint density at radius 1 is 0.444 bits per heavy atom. The third kappa shape index (κ3) is 3.89. The fraction of sp³-hybridized carbons (Fsp3) is 0.0698. The van der Waals surface area contributed by atoms with E-state index >= 15 is 0 Å². The van der Waals surface area contributed by atoms with Gasteiger partial charge in [-0.2, -0.15) is 0 Å². The summed E-state index contributed by atoms with van der Waals surface area (Å²) in [4.78, 5) is 2.43. The van der Waals surface area contributed by atoms with E-state index in [2.05, 4.69) is 181 Å². The molecule has 0 saturated heterocycles. The predicted molar refractivity (Wildman–Crippen MR) is 191 cm³/mol. The average Bonchev–Trinajstić information content (AvgIpc) is 3.53. The Morgan fingerprint density at radius 2 is 1.07 bits per heavy atom. The molecular formula is C43H32N2. The minimum atomic E-state index is -0.0827. The number of para-hydroxylation sites is 2. The lowest BCUT2D eigenvalue weighted by atomic mass is 9.82. The zero-order chi connectivity index (χ0) is 30.1. The van der Waals surface area contributed by atoms with Crippen molar-refractivity contribution in [1.29, 1.82) is 0 Å². The molecule has 1 heterocycles. The zero-order valence-corrected chi connectivity index (χ0v) is 25.4. The minimum absolute atomic E-state index is 0.0827. The molecule has 0 amide bonds. The van der Waals surface area contributed by atoms with E-state index in [1.807, 2.05) is 0 Å². The van der Waals surface area contributed by atoms with Gasteiger partial charge < -0.3 is 9.47 Å². The van der Waals surface area contributed by atoms with Gasteiger partial charge in [-0.25, -0.2) is 0 Å². The second kappa shape index (κ2) is 9.70. The normalized spacial score (nSPS) is 13.3. The van der Waals surface area contributed by atoms with Crippen LogP contribution in [0.4, 0.5) is 17.1 Å². The summed E-state index contributed by atoms with van der Waals surface area (Å²) in [5.74, 6) is 0. The Kier molecular flexibility index (Phi) is 5.58. The second-order valence-electron chi connectivity index (χ2n) is 12.7. The van der Waals surface area contributed by atoms with Crippen molar-refractivity contribution in [3.8, 4) is 16.8 Å². The summed E-state index contributed by atoms with van der Waals surface area (Å²) in [5, 5.41) is 4.99. The Hall–Kier alpha value is -5.60. The van der Waals surface area contributed by atoms with Gasteiger partial charge in [0.15, 0.2) is 0 Å². The first kappa shape index (κ1) is 25.9. The second-order valence-corrected chi connectivity index (χ2v) is 12.7. The number of nitrogens with zero attached hydrogens (tertiary/aromatic N) is 2. The van der Waals surface area contributed by atoms with Crippen molar-refractivity contribution in [3.05, 3.63) is 169 Å². The summed E-state index contributed by atoms with van der Waals surface area (Å²) >= 11 is 0. The molecule has 0 saturated carbocycles. The number of fused-ring (bicyclic) bond motifs is 7. The molecule has 0 N–H and O–H groups in total. The van der Waals surface area contributed by atoms with Crippen LogP contribution >= 0.6 is 0 Å². The molecule has 1 aliphatic rings. The van der Waals surface area contributed by atoms with E-state index in [1.54, 1.807) is 0 Å². The number of hydrogen-bond donors (Lipinski definition) is 0. The van der Waals surface area contributed by atoms with E-state index in [0.717, 1.165) is 22.7 Å². The van der Waals surface area contributed by atoms with Crippen LogP contribution in [0.3, 0.4) is 0 Å². The van der Waals surface area contributed by atoms with Crippen LogP contribution < -0.4 is 4.90 Å². The van der Waals surface area contributed by atoms with Crippen molar-refractivity contribution >= 4 is 49.6 Å². The highest BCUT2D eigenvalue weighted by Gasteiger charge is 2.35. The number of benzene rings is 7. The molecule has 0 aliphatic heterocycles. The van der Waals surface area contributed by atoms with Crippen molar-refractivity contribution in [1.82, 2.24) is 4.57 Å². The van der Waals surface area contributed by atoms with Gasteiger partial charge in [-0.05, 0) is 87.6 Å². The van der Waals surface area contributed by atoms with Crippen LogP contribution in [-0.4, -0.2) is 4.57 Å². The summed E-state index contributed by atoms with van der Waals surface area (Å²) in [6.07, 6.45) is 0. The fourth-order valence-corrected chi connectivity index (χ4v) is 7.55. The van der Waals surface area contributed by atoms with Crippen LogP contribution in [0.15, 0.2) is 158 Å². The maximum absolute atomic E-state index is 2.43. The van der Waals surface area contributed by atoms with Crippen molar-refractivity contribution in [2.45, 2.75) is 19.3 Å². The van der Waals surface area contributed by atoms with Crippen LogP contribution in [0, 0.1) is 0 Å². The molecule has 0 fully saturated rings. The van der Waals surface area contributed by atoms with Crippen molar-refractivity contribution in [2.75, 3.05) is 4.90 Å². The molecule has 45 heavy (non-hydrogen) atoms. The lowest BCUT2D eigenvalue weighted by Crippen LogP contribution is -2.16. The summed E-state index contributed by atoms with van der Waals surface area (Å²) < 4.78 is 2.40. The van der Waals surface area contributed by atoms with Gasteiger partial charge >= 0.3 is 0 Å². The molecule has 8 aromatic rings. The Labute approximate surface area is 263 Å². The van der Waals surface area contributed by atoms with Gasteiger partial charge in [0.25, 0.3) is 0 Å².